The number of carbonyl (C=O) groups is 2. The fraction of sp³-hybridized carbons (Fsp3) is 0.167. The predicted molar refractivity (Wildman–Crippen MR) is 65.5 cm³/mol. The van der Waals surface area contributed by atoms with Gasteiger partial charge in [0.1, 0.15) is 6.54 Å². The first-order chi connectivity index (χ1) is 8.11. The van der Waals surface area contributed by atoms with Crippen molar-refractivity contribution in [3.8, 4) is 0 Å². The molecule has 0 aliphatic rings. The zero-order chi connectivity index (χ0) is 12.7. The Labute approximate surface area is 104 Å². The van der Waals surface area contributed by atoms with Crippen LogP contribution in [-0.4, -0.2) is 25.5 Å². The van der Waals surface area contributed by atoms with E-state index in [2.05, 4.69) is 10.1 Å². The van der Waals surface area contributed by atoms with E-state index < -0.39 is 5.97 Å². The van der Waals surface area contributed by atoms with Gasteiger partial charge >= 0.3 is 5.97 Å². The van der Waals surface area contributed by atoms with Gasteiger partial charge in [0.05, 0.1) is 7.11 Å². The van der Waals surface area contributed by atoms with E-state index in [9.17, 15) is 9.59 Å². The van der Waals surface area contributed by atoms with Crippen molar-refractivity contribution < 1.29 is 14.3 Å². The van der Waals surface area contributed by atoms with Crippen LogP contribution in [0.5, 0.6) is 0 Å². The summed E-state index contributed by atoms with van der Waals surface area (Å²) in [6.45, 7) is -0.144. The van der Waals surface area contributed by atoms with E-state index in [1.165, 1.54) is 13.2 Å². The molecule has 0 heterocycles. The summed E-state index contributed by atoms with van der Waals surface area (Å²) < 4.78 is 4.38. The first-order valence-corrected chi connectivity index (χ1v) is 5.28. The van der Waals surface area contributed by atoms with E-state index in [4.69, 9.17) is 11.6 Å². The molecule has 1 rings (SSSR count). The molecule has 0 saturated carbocycles. The number of esters is 1. The lowest BCUT2D eigenvalue weighted by molar-refractivity contribution is -0.140. The molecule has 0 unspecified atom stereocenters. The molecule has 0 spiro atoms. The number of methoxy groups -OCH3 is 1. The van der Waals surface area contributed by atoms with Gasteiger partial charge in [0, 0.05) is 11.1 Å². The van der Waals surface area contributed by atoms with Crippen molar-refractivity contribution in [3.05, 3.63) is 40.9 Å². The van der Waals surface area contributed by atoms with Gasteiger partial charge in [-0.1, -0.05) is 23.7 Å². The molecule has 0 radical (unpaired) electrons. The Hall–Kier alpha value is -1.81. The second-order valence-corrected chi connectivity index (χ2v) is 3.62. The lowest BCUT2D eigenvalue weighted by Gasteiger charge is -1.99. The number of ether oxygens (including phenoxy) is 1. The molecule has 0 saturated heterocycles. The number of amides is 1. The largest absolute Gasteiger partial charge is 0.468 e. The second kappa shape index (κ2) is 6.70. The molecule has 4 nitrogen and oxygen atoms in total. The van der Waals surface area contributed by atoms with Crippen LogP contribution in [0, 0.1) is 0 Å². The van der Waals surface area contributed by atoms with Crippen molar-refractivity contribution in [3.63, 3.8) is 0 Å². The summed E-state index contributed by atoms with van der Waals surface area (Å²) in [6.07, 6.45) is 2.94. The molecule has 1 aromatic carbocycles. The molecule has 0 aliphatic heterocycles. The van der Waals surface area contributed by atoms with Crippen LogP contribution in [0.2, 0.25) is 5.02 Å². The fourth-order valence-electron chi connectivity index (χ4n) is 1.07. The van der Waals surface area contributed by atoms with Crippen molar-refractivity contribution >= 4 is 29.6 Å². The molecule has 0 bridgehead atoms. The monoisotopic (exact) mass is 253 g/mol. The highest BCUT2D eigenvalue weighted by atomic mass is 35.5. The third-order valence-corrected chi connectivity index (χ3v) is 2.15. The topological polar surface area (TPSA) is 55.4 Å². The standard InChI is InChI=1S/C12H12ClNO3/c1-17-12(16)8-14-11(15)6-5-9-3-2-4-10(13)7-9/h2-7H,8H2,1H3,(H,14,15)/b6-5+. The third-order valence-electron chi connectivity index (χ3n) is 1.91. The van der Waals surface area contributed by atoms with Crippen molar-refractivity contribution in [2.75, 3.05) is 13.7 Å². The Kier molecular flexibility index (Phi) is 5.23. The molecule has 90 valence electrons. The van der Waals surface area contributed by atoms with Crippen LogP contribution in [0.3, 0.4) is 0 Å². The normalized spacial score (nSPS) is 10.2. The molecule has 0 fully saturated rings. The number of rotatable bonds is 4. The summed E-state index contributed by atoms with van der Waals surface area (Å²) >= 11 is 5.79. The van der Waals surface area contributed by atoms with Gasteiger partial charge in [-0.25, -0.2) is 0 Å². The van der Waals surface area contributed by atoms with E-state index in [1.54, 1.807) is 24.3 Å². The zero-order valence-electron chi connectivity index (χ0n) is 9.27. The summed E-state index contributed by atoms with van der Waals surface area (Å²) in [5.74, 6) is -0.857. The number of hydrogen-bond acceptors (Lipinski definition) is 3. The molecule has 0 aromatic heterocycles. The van der Waals surface area contributed by atoms with Crippen LogP contribution in [0.15, 0.2) is 30.3 Å². The number of benzene rings is 1. The first kappa shape index (κ1) is 13.3. The smallest absolute Gasteiger partial charge is 0.325 e. The van der Waals surface area contributed by atoms with Crippen LogP contribution in [0.4, 0.5) is 0 Å². The number of carbonyl (C=O) groups excluding carboxylic acids is 2. The Morgan fingerprint density at radius 1 is 1.47 bits per heavy atom. The highest BCUT2D eigenvalue weighted by Gasteiger charge is 2.01. The SMILES string of the molecule is COC(=O)CNC(=O)/C=C/c1cccc(Cl)c1. The maximum atomic E-state index is 11.3. The van der Waals surface area contributed by atoms with Gasteiger partial charge in [-0.2, -0.15) is 0 Å². The van der Waals surface area contributed by atoms with Crippen molar-refractivity contribution in [2.24, 2.45) is 0 Å². The number of nitrogens with one attached hydrogen (secondary N) is 1. The third kappa shape index (κ3) is 5.17. The highest BCUT2D eigenvalue weighted by Crippen LogP contribution is 2.11. The Balaban J connectivity index is 2.48. The predicted octanol–water partition coefficient (Wildman–Crippen LogP) is 1.64. The van der Waals surface area contributed by atoms with E-state index in [-0.39, 0.29) is 12.5 Å². The molecular formula is C12H12ClNO3. The van der Waals surface area contributed by atoms with Crippen LogP contribution in [-0.2, 0) is 14.3 Å². The fourth-order valence-corrected chi connectivity index (χ4v) is 1.27. The van der Waals surface area contributed by atoms with Gasteiger partial charge < -0.3 is 10.1 Å². The summed E-state index contributed by atoms with van der Waals surface area (Å²) in [5.41, 5.74) is 0.811. The van der Waals surface area contributed by atoms with Crippen LogP contribution in [0.1, 0.15) is 5.56 Å². The molecule has 0 aliphatic carbocycles. The van der Waals surface area contributed by atoms with E-state index in [0.717, 1.165) is 5.56 Å². The van der Waals surface area contributed by atoms with Gasteiger partial charge in [0.2, 0.25) is 5.91 Å². The summed E-state index contributed by atoms with van der Waals surface area (Å²) in [4.78, 5) is 22.0. The lowest BCUT2D eigenvalue weighted by Crippen LogP contribution is -2.28. The van der Waals surface area contributed by atoms with Crippen LogP contribution in [0.25, 0.3) is 6.08 Å². The minimum atomic E-state index is -0.491. The minimum absolute atomic E-state index is 0.144. The van der Waals surface area contributed by atoms with E-state index in [0.29, 0.717) is 5.02 Å². The first-order valence-electron chi connectivity index (χ1n) is 4.90. The van der Waals surface area contributed by atoms with Crippen molar-refractivity contribution in [1.82, 2.24) is 5.32 Å². The molecule has 1 N–H and O–H groups in total. The van der Waals surface area contributed by atoms with Crippen LogP contribution >= 0.6 is 11.6 Å². The number of halogens is 1. The molecule has 1 amide bonds. The Morgan fingerprint density at radius 2 is 2.24 bits per heavy atom. The van der Waals surface area contributed by atoms with Crippen LogP contribution < -0.4 is 5.32 Å². The Morgan fingerprint density at radius 3 is 2.88 bits per heavy atom. The van der Waals surface area contributed by atoms with Gasteiger partial charge in [-0.05, 0) is 23.8 Å². The zero-order valence-corrected chi connectivity index (χ0v) is 10.0. The molecule has 1 aromatic rings. The molecule has 17 heavy (non-hydrogen) atoms. The van der Waals surface area contributed by atoms with Gasteiger partial charge in [0.15, 0.2) is 0 Å². The van der Waals surface area contributed by atoms with Gasteiger partial charge in [0.25, 0.3) is 0 Å². The highest BCUT2D eigenvalue weighted by molar-refractivity contribution is 6.30. The van der Waals surface area contributed by atoms with E-state index in [1.807, 2.05) is 6.07 Å². The average molecular weight is 254 g/mol. The van der Waals surface area contributed by atoms with Gasteiger partial charge in [-0.15, -0.1) is 0 Å². The van der Waals surface area contributed by atoms with Crippen molar-refractivity contribution in [2.45, 2.75) is 0 Å². The summed E-state index contributed by atoms with van der Waals surface area (Å²) in [7, 11) is 1.26. The molecular weight excluding hydrogens is 242 g/mol. The Bertz CT molecular complexity index is 443. The van der Waals surface area contributed by atoms with Crippen molar-refractivity contribution in [1.29, 1.82) is 0 Å². The molecule has 5 heteroatoms. The second-order valence-electron chi connectivity index (χ2n) is 3.18. The summed E-state index contributed by atoms with van der Waals surface area (Å²) in [6, 6.07) is 7.08. The summed E-state index contributed by atoms with van der Waals surface area (Å²) in [5, 5.41) is 2.98. The van der Waals surface area contributed by atoms with Gasteiger partial charge in [-0.3, -0.25) is 9.59 Å². The maximum absolute atomic E-state index is 11.3. The average Bonchev–Trinajstić information content (AvgIpc) is 2.33. The number of hydrogen-bond donors (Lipinski definition) is 1. The quantitative estimate of drug-likeness (QED) is 0.656. The maximum Gasteiger partial charge on any atom is 0.325 e. The lowest BCUT2D eigenvalue weighted by atomic mass is 10.2. The van der Waals surface area contributed by atoms with E-state index >= 15 is 0 Å². The minimum Gasteiger partial charge on any atom is -0.468 e. The molecule has 0 atom stereocenters.